The minimum Gasteiger partial charge on any atom is -0.252 e. The number of rotatable bonds is 5. The lowest BCUT2D eigenvalue weighted by molar-refractivity contribution is 0.558. The Morgan fingerprint density at radius 1 is 1.19 bits per heavy atom. The molecule has 0 saturated carbocycles. The second-order valence-corrected chi connectivity index (χ2v) is 3.96. The highest BCUT2D eigenvalue weighted by atomic mass is 35.5. The number of hydrogen-bond acceptors (Lipinski definition) is 2. The molecule has 1 heterocycles. The highest BCUT2D eigenvalue weighted by Crippen LogP contribution is 2.04. The number of hydrogen-bond donors (Lipinski definition) is 0. The predicted octanol–water partition coefficient (Wildman–Crippen LogP) is 2.65. The van der Waals surface area contributed by atoms with Crippen molar-refractivity contribution in [2.24, 2.45) is 0 Å². The van der Waals surface area contributed by atoms with Gasteiger partial charge >= 0.3 is 0 Å². The highest BCUT2D eigenvalue weighted by molar-refractivity contribution is 6.16. The van der Waals surface area contributed by atoms with E-state index < -0.39 is 0 Å². The summed E-state index contributed by atoms with van der Waals surface area (Å²) in [4.78, 5) is 0. The third-order valence-corrected chi connectivity index (χ3v) is 2.69. The van der Waals surface area contributed by atoms with Gasteiger partial charge in [-0.2, -0.15) is 0 Å². The molecule has 0 atom stereocenters. The molecule has 1 aromatic carbocycles. The van der Waals surface area contributed by atoms with Gasteiger partial charge in [-0.05, 0) is 18.4 Å². The lowest BCUT2D eigenvalue weighted by Gasteiger charge is -2.00. The highest BCUT2D eigenvalue weighted by Gasteiger charge is 1.98. The van der Waals surface area contributed by atoms with E-state index in [1.165, 1.54) is 5.56 Å². The molecule has 0 aliphatic rings. The summed E-state index contributed by atoms with van der Waals surface area (Å²) in [5.41, 5.74) is 2.20. The Morgan fingerprint density at radius 2 is 2.00 bits per heavy atom. The Balaban J connectivity index is 1.80. The molecule has 0 N–H and O–H groups in total. The van der Waals surface area contributed by atoms with Crippen molar-refractivity contribution >= 4 is 11.6 Å². The van der Waals surface area contributed by atoms with Crippen molar-refractivity contribution in [1.29, 1.82) is 0 Å². The molecule has 84 valence electrons. The third kappa shape index (κ3) is 3.07. The molecule has 2 rings (SSSR count). The summed E-state index contributed by atoms with van der Waals surface area (Å²) in [5, 5.41) is 7.94. The quantitative estimate of drug-likeness (QED) is 0.746. The standard InChI is InChI=1S/C12H14ClN3/c13-9-12-10-16(15-14-12)8-4-7-11-5-2-1-3-6-11/h1-3,5-6,10H,4,7-9H2. The minimum atomic E-state index is 0.429. The van der Waals surface area contributed by atoms with E-state index in [0.717, 1.165) is 25.1 Å². The van der Waals surface area contributed by atoms with Crippen LogP contribution in [0.2, 0.25) is 0 Å². The van der Waals surface area contributed by atoms with Gasteiger partial charge in [-0.3, -0.25) is 4.68 Å². The summed E-state index contributed by atoms with van der Waals surface area (Å²) < 4.78 is 1.85. The molecule has 3 nitrogen and oxygen atoms in total. The first-order chi connectivity index (χ1) is 7.88. The van der Waals surface area contributed by atoms with Crippen molar-refractivity contribution in [1.82, 2.24) is 15.0 Å². The molecule has 0 radical (unpaired) electrons. The average Bonchev–Trinajstić information content (AvgIpc) is 2.78. The van der Waals surface area contributed by atoms with Crippen LogP contribution in [-0.4, -0.2) is 15.0 Å². The fourth-order valence-electron chi connectivity index (χ4n) is 1.60. The summed E-state index contributed by atoms with van der Waals surface area (Å²) in [5.74, 6) is 0.429. The zero-order chi connectivity index (χ0) is 11.2. The molecule has 2 aromatic rings. The van der Waals surface area contributed by atoms with Gasteiger partial charge in [0.2, 0.25) is 0 Å². The first-order valence-corrected chi connectivity index (χ1v) is 5.91. The Kier molecular flexibility index (Phi) is 3.94. The lowest BCUT2D eigenvalue weighted by atomic mass is 10.1. The molecule has 0 aliphatic carbocycles. The lowest BCUT2D eigenvalue weighted by Crippen LogP contribution is -2.00. The van der Waals surface area contributed by atoms with Crippen molar-refractivity contribution in [3.63, 3.8) is 0 Å². The van der Waals surface area contributed by atoms with Crippen LogP contribution < -0.4 is 0 Å². The maximum Gasteiger partial charge on any atom is 0.0974 e. The number of aromatic nitrogens is 3. The number of aryl methyl sites for hydroxylation is 2. The zero-order valence-electron chi connectivity index (χ0n) is 9.01. The monoisotopic (exact) mass is 235 g/mol. The van der Waals surface area contributed by atoms with Crippen LogP contribution >= 0.6 is 11.6 Å². The molecule has 0 amide bonds. The summed E-state index contributed by atoms with van der Waals surface area (Å²) in [6.45, 7) is 0.888. The molecule has 0 bridgehead atoms. The Hall–Kier alpha value is -1.35. The second kappa shape index (κ2) is 5.66. The van der Waals surface area contributed by atoms with Gasteiger partial charge in [-0.15, -0.1) is 16.7 Å². The normalized spacial score (nSPS) is 10.6. The van der Waals surface area contributed by atoms with Crippen molar-refractivity contribution in [2.75, 3.05) is 0 Å². The minimum absolute atomic E-state index is 0.429. The Labute approximate surface area is 100 Å². The van der Waals surface area contributed by atoms with E-state index in [1.807, 2.05) is 16.9 Å². The van der Waals surface area contributed by atoms with Crippen LogP contribution in [0.1, 0.15) is 17.7 Å². The zero-order valence-corrected chi connectivity index (χ0v) is 9.77. The SMILES string of the molecule is ClCc1cn(CCCc2ccccc2)nn1. The van der Waals surface area contributed by atoms with Gasteiger partial charge in [-0.25, -0.2) is 0 Å². The summed E-state index contributed by atoms with van der Waals surface area (Å²) in [7, 11) is 0. The number of halogens is 1. The van der Waals surface area contributed by atoms with E-state index in [2.05, 4.69) is 34.6 Å². The molecule has 0 fully saturated rings. The molecule has 16 heavy (non-hydrogen) atoms. The van der Waals surface area contributed by atoms with Crippen molar-refractivity contribution < 1.29 is 0 Å². The van der Waals surface area contributed by atoms with Crippen molar-refractivity contribution in [3.05, 3.63) is 47.8 Å². The van der Waals surface area contributed by atoms with Crippen LogP contribution in [0.15, 0.2) is 36.5 Å². The number of benzene rings is 1. The summed E-state index contributed by atoms with van der Waals surface area (Å²) in [6, 6.07) is 10.5. The van der Waals surface area contributed by atoms with Crippen LogP contribution in [0.5, 0.6) is 0 Å². The van der Waals surface area contributed by atoms with Gasteiger partial charge in [0, 0.05) is 12.7 Å². The van der Waals surface area contributed by atoms with E-state index in [-0.39, 0.29) is 0 Å². The Bertz CT molecular complexity index is 425. The largest absolute Gasteiger partial charge is 0.252 e. The summed E-state index contributed by atoms with van der Waals surface area (Å²) >= 11 is 5.65. The van der Waals surface area contributed by atoms with Gasteiger partial charge in [0.1, 0.15) is 0 Å². The fourth-order valence-corrected chi connectivity index (χ4v) is 1.72. The molecule has 0 unspecified atom stereocenters. The smallest absolute Gasteiger partial charge is 0.0974 e. The van der Waals surface area contributed by atoms with Gasteiger partial charge in [0.25, 0.3) is 0 Å². The van der Waals surface area contributed by atoms with E-state index in [0.29, 0.717) is 5.88 Å². The molecular weight excluding hydrogens is 222 g/mol. The number of nitrogens with zero attached hydrogens (tertiary/aromatic N) is 3. The molecule has 0 spiro atoms. The maximum atomic E-state index is 5.65. The van der Waals surface area contributed by atoms with E-state index >= 15 is 0 Å². The van der Waals surface area contributed by atoms with Crippen LogP contribution in [-0.2, 0) is 18.8 Å². The Morgan fingerprint density at radius 3 is 2.69 bits per heavy atom. The van der Waals surface area contributed by atoms with E-state index in [1.54, 1.807) is 0 Å². The third-order valence-electron chi connectivity index (χ3n) is 2.42. The molecule has 0 aliphatic heterocycles. The molecule has 0 saturated heterocycles. The second-order valence-electron chi connectivity index (χ2n) is 3.70. The molecule has 1 aromatic heterocycles. The van der Waals surface area contributed by atoms with E-state index in [4.69, 9.17) is 11.6 Å². The number of alkyl halides is 1. The maximum absolute atomic E-state index is 5.65. The van der Waals surface area contributed by atoms with Crippen LogP contribution in [0.4, 0.5) is 0 Å². The van der Waals surface area contributed by atoms with Crippen molar-refractivity contribution in [3.8, 4) is 0 Å². The fraction of sp³-hybridized carbons (Fsp3) is 0.333. The van der Waals surface area contributed by atoms with Gasteiger partial charge in [-0.1, -0.05) is 35.5 Å². The van der Waals surface area contributed by atoms with Crippen molar-refractivity contribution in [2.45, 2.75) is 25.3 Å². The summed E-state index contributed by atoms with van der Waals surface area (Å²) in [6.07, 6.45) is 4.03. The first kappa shape index (κ1) is 11.1. The molecule has 4 heteroatoms. The van der Waals surface area contributed by atoms with Gasteiger partial charge in [0.15, 0.2) is 0 Å². The van der Waals surface area contributed by atoms with Crippen LogP contribution in [0, 0.1) is 0 Å². The average molecular weight is 236 g/mol. The molecular formula is C12H14ClN3. The van der Waals surface area contributed by atoms with Crippen LogP contribution in [0.25, 0.3) is 0 Å². The van der Waals surface area contributed by atoms with Crippen LogP contribution in [0.3, 0.4) is 0 Å². The van der Waals surface area contributed by atoms with Gasteiger partial charge < -0.3 is 0 Å². The first-order valence-electron chi connectivity index (χ1n) is 5.37. The van der Waals surface area contributed by atoms with E-state index in [9.17, 15) is 0 Å². The van der Waals surface area contributed by atoms with Gasteiger partial charge in [0.05, 0.1) is 11.6 Å². The predicted molar refractivity (Wildman–Crippen MR) is 64.3 cm³/mol. The topological polar surface area (TPSA) is 30.7 Å².